The van der Waals surface area contributed by atoms with Crippen molar-refractivity contribution in [1.82, 2.24) is 9.21 Å². The number of amidine groups is 1. The normalized spacial score (nSPS) is 17.9. The summed E-state index contributed by atoms with van der Waals surface area (Å²) in [6, 6.07) is 9.89. The fourth-order valence-corrected chi connectivity index (χ4v) is 6.81. The fraction of sp³-hybridized carbons (Fsp3) is 0.448. The van der Waals surface area contributed by atoms with E-state index in [-0.39, 0.29) is 36.0 Å². The molecule has 4 rings (SSSR count). The van der Waals surface area contributed by atoms with Gasteiger partial charge in [0.1, 0.15) is 4.90 Å². The van der Waals surface area contributed by atoms with Gasteiger partial charge in [-0.1, -0.05) is 31.5 Å². The first-order valence-corrected chi connectivity index (χ1v) is 16.4. The molecule has 0 radical (unpaired) electrons. The second-order valence-electron chi connectivity index (χ2n) is 10.5. The van der Waals surface area contributed by atoms with Crippen molar-refractivity contribution in [2.45, 2.75) is 68.4 Å². The molecule has 13 heteroatoms. The average Bonchev–Trinajstić information content (AvgIpc) is 3.13. The molecule has 0 aliphatic carbocycles. The third-order valence-corrected chi connectivity index (χ3v) is 9.50. The Morgan fingerprint density at radius 1 is 1.14 bits per heavy atom. The number of carbonyl (C=O) groups is 3. The minimum absolute atomic E-state index is 0.0428. The monoisotopic (exact) mass is 616 g/mol. The highest BCUT2D eigenvalue weighted by atomic mass is 32.2. The van der Waals surface area contributed by atoms with E-state index in [0.29, 0.717) is 17.2 Å². The molecule has 1 N–H and O–H groups in total. The number of anilines is 1. The summed E-state index contributed by atoms with van der Waals surface area (Å²) in [5, 5.41) is 2.82. The van der Waals surface area contributed by atoms with Crippen molar-refractivity contribution in [3.8, 4) is 0 Å². The maximum atomic E-state index is 14.1. The van der Waals surface area contributed by atoms with E-state index in [1.807, 2.05) is 32.2 Å². The smallest absolute Gasteiger partial charge is 0.418 e. The summed E-state index contributed by atoms with van der Waals surface area (Å²) < 4.78 is 39.9. The molecule has 0 bridgehead atoms. The Morgan fingerprint density at radius 2 is 1.86 bits per heavy atom. The number of thioether (sulfide) groups is 1. The molecule has 1 atom stereocenters. The van der Waals surface area contributed by atoms with Crippen molar-refractivity contribution in [3.05, 3.63) is 48.0 Å². The maximum absolute atomic E-state index is 14.1. The van der Waals surface area contributed by atoms with E-state index in [0.717, 1.165) is 27.6 Å². The summed E-state index contributed by atoms with van der Waals surface area (Å²) in [6.45, 7) is 7.45. The topological polar surface area (TPSA) is 135 Å². The van der Waals surface area contributed by atoms with Gasteiger partial charge in [0.05, 0.1) is 11.4 Å². The van der Waals surface area contributed by atoms with Gasteiger partial charge >= 0.3 is 6.09 Å². The van der Waals surface area contributed by atoms with Crippen LogP contribution in [0.4, 0.5) is 16.2 Å². The van der Waals surface area contributed by atoms with Crippen molar-refractivity contribution in [1.29, 1.82) is 0 Å². The van der Waals surface area contributed by atoms with Gasteiger partial charge in [-0.3, -0.25) is 13.9 Å². The highest BCUT2D eigenvalue weighted by Crippen LogP contribution is 2.36. The number of benzene rings is 2. The zero-order valence-corrected chi connectivity index (χ0v) is 26.0. The molecule has 1 fully saturated rings. The molecular formula is C29H36N4O7S2. The average molecular weight is 617 g/mol. The van der Waals surface area contributed by atoms with Gasteiger partial charge < -0.3 is 14.8 Å². The van der Waals surface area contributed by atoms with Gasteiger partial charge in [0, 0.05) is 24.7 Å². The molecule has 226 valence electrons. The number of amides is 3. The molecule has 0 aromatic heterocycles. The number of nitrogens with one attached hydrogen (secondary N) is 1. The Kier molecular flexibility index (Phi) is 9.63. The molecule has 1 unspecified atom stereocenters. The second kappa shape index (κ2) is 12.8. The van der Waals surface area contributed by atoms with E-state index in [4.69, 9.17) is 9.47 Å². The maximum Gasteiger partial charge on any atom is 0.418 e. The number of hydrogen-bond acceptors (Lipinski definition) is 9. The second-order valence-corrected chi connectivity index (χ2v) is 13.2. The SMILES string of the molecule is CCCCOCCCN1C(C(C(=O)Nc2cc(C)ccc2SC)N2C(=O)OC(C)(C)C2=O)=Nc2ccccc2S1(=O)=O. The molecule has 2 heterocycles. The summed E-state index contributed by atoms with van der Waals surface area (Å²) in [6.07, 6.45) is 2.90. The lowest BCUT2D eigenvalue weighted by Crippen LogP contribution is -2.59. The Balaban J connectivity index is 1.82. The quantitative estimate of drug-likeness (QED) is 0.267. The number of cyclic esters (lactones) is 1. The Morgan fingerprint density at radius 3 is 2.52 bits per heavy atom. The van der Waals surface area contributed by atoms with E-state index in [9.17, 15) is 22.8 Å². The summed E-state index contributed by atoms with van der Waals surface area (Å²) in [4.78, 5) is 46.7. The van der Waals surface area contributed by atoms with Crippen LogP contribution in [0.1, 0.15) is 45.6 Å². The molecule has 42 heavy (non-hydrogen) atoms. The van der Waals surface area contributed by atoms with Crippen LogP contribution in [-0.2, 0) is 29.1 Å². The number of ether oxygens (including phenoxy) is 2. The van der Waals surface area contributed by atoms with E-state index in [1.54, 1.807) is 18.2 Å². The molecule has 2 aromatic rings. The largest absolute Gasteiger partial charge is 0.433 e. The molecule has 2 aromatic carbocycles. The summed E-state index contributed by atoms with van der Waals surface area (Å²) in [7, 11) is -4.22. The fourth-order valence-electron chi connectivity index (χ4n) is 4.66. The highest BCUT2D eigenvalue weighted by Gasteiger charge is 2.55. The Hall–Kier alpha value is -3.42. The van der Waals surface area contributed by atoms with Gasteiger partial charge in [0.25, 0.3) is 21.8 Å². The zero-order chi connectivity index (χ0) is 30.7. The zero-order valence-electron chi connectivity index (χ0n) is 24.4. The third kappa shape index (κ3) is 6.32. The number of aliphatic imine (C=N–C) groups is 1. The third-order valence-electron chi connectivity index (χ3n) is 6.85. The van der Waals surface area contributed by atoms with Gasteiger partial charge in [-0.2, -0.15) is 0 Å². The van der Waals surface area contributed by atoms with Crippen LogP contribution in [0, 0.1) is 6.92 Å². The number of carbonyl (C=O) groups excluding carboxylic acids is 3. The number of sulfonamides is 1. The van der Waals surface area contributed by atoms with E-state index >= 15 is 0 Å². The summed E-state index contributed by atoms with van der Waals surface area (Å²) in [5.41, 5.74) is -0.144. The lowest BCUT2D eigenvalue weighted by atomic mass is 10.1. The lowest BCUT2D eigenvalue weighted by Gasteiger charge is -2.35. The molecule has 0 spiro atoms. The predicted octanol–water partition coefficient (Wildman–Crippen LogP) is 4.72. The molecular weight excluding hydrogens is 580 g/mol. The first-order valence-electron chi connectivity index (χ1n) is 13.7. The van der Waals surface area contributed by atoms with Crippen LogP contribution < -0.4 is 5.32 Å². The Bertz CT molecular complexity index is 1510. The van der Waals surface area contributed by atoms with E-state index < -0.39 is 39.6 Å². The van der Waals surface area contributed by atoms with Crippen molar-refractivity contribution >= 4 is 56.9 Å². The number of rotatable bonds is 12. The first-order chi connectivity index (χ1) is 19.9. The van der Waals surface area contributed by atoms with Crippen molar-refractivity contribution in [2.75, 3.05) is 31.3 Å². The lowest BCUT2D eigenvalue weighted by molar-refractivity contribution is -0.137. The highest BCUT2D eigenvalue weighted by molar-refractivity contribution is 7.98. The molecule has 1 saturated heterocycles. The summed E-state index contributed by atoms with van der Waals surface area (Å²) in [5.74, 6) is -1.87. The summed E-state index contributed by atoms with van der Waals surface area (Å²) >= 11 is 1.40. The minimum Gasteiger partial charge on any atom is -0.433 e. The predicted molar refractivity (Wildman–Crippen MR) is 161 cm³/mol. The number of hydrogen-bond donors (Lipinski definition) is 1. The number of imide groups is 1. The first kappa shape index (κ1) is 31.5. The molecule has 0 saturated carbocycles. The number of unbranched alkanes of at least 4 members (excludes halogenated alkanes) is 1. The van der Waals surface area contributed by atoms with Crippen molar-refractivity contribution < 1.29 is 32.3 Å². The van der Waals surface area contributed by atoms with E-state index in [2.05, 4.69) is 10.3 Å². The number of aryl methyl sites for hydroxylation is 1. The van der Waals surface area contributed by atoms with Gasteiger partial charge in [0.2, 0.25) is 0 Å². The molecule has 3 amide bonds. The minimum atomic E-state index is -4.22. The van der Waals surface area contributed by atoms with E-state index in [1.165, 1.54) is 37.7 Å². The molecule has 2 aliphatic heterocycles. The molecule has 2 aliphatic rings. The number of nitrogens with zero attached hydrogens (tertiary/aromatic N) is 3. The van der Waals surface area contributed by atoms with Gasteiger partial charge in [-0.15, -0.1) is 11.8 Å². The van der Waals surface area contributed by atoms with Crippen LogP contribution in [-0.4, -0.2) is 79.0 Å². The van der Waals surface area contributed by atoms with Crippen LogP contribution in [0.3, 0.4) is 0 Å². The Labute approximate surface area is 250 Å². The van der Waals surface area contributed by atoms with Crippen LogP contribution in [0.5, 0.6) is 0 Å². The number of para-hydroxylation sites is 1. The number of fused-ring (bicyclic) bond motifs is 1. The van der Waals surface area contributed by atoms with Crippen LogP contribution in [0.25, 0.3) is 0 Å². The van der Waals surface area contributed by atoms with Crippen LogP contribution in [0.2, 0.25) is 0 Å². The van der Waals surface area contributed by atoms with Crippen molar-refractivity contribution in [2.24, 2.45) is 4.99 Å². The van der Waals surface area contributed by atoms with Crippen LogP contribution >= 0.6 is 11.8 Å². The van der Waals surface area contributed by atoms with Crippen LogP contribution in [0.15, 0.2) is 57.2 Å². The van der Waals surface area contributed by atoms with Gasteiger partial charge in [-0.25, -0.2) is 23.1 Å². The van der Waals surface area contributed by atoms with Gasteiger partial charge in [-0.05, 0) is 69.7 Å². The van der Waals surface area contributed by atoms with Crippen molar-refractivity contribution in [3.63, 3.8) is 0 Å². The van der Waals surface area contributed by atoms with Gasteiger partial charge in [0.15, 0.2) is 17.5 Å². The molecule has 11 nitrogen and oxygen atoms in total. The standard InChI is InChI=1S/C29H36N4O7S2/c1-6-7-16-39-17-10-15-32-25(30-20-11-8-9-12-23(20)42(32,37)38)24(33-27(35)29(3,4)40-28(33)36)26(34)31-21-18-19(2)13-14-22(21)41-5/h8-9,11-14,18,24H,6-7,10,15-17H2,1-5H3,(H,31,34).